The van der Waals surface area contributed by atoms with E-state index in [1.807, 2.05) is 12.2 Å². The number of allylic oxidation sites excluding steroid dienone is 16. The molecule has 0 radical (unpaired) electrons. The molecule has 128 valence electrons. The quantitative estimate of drug-likeness (QED) is 0.693. The van der Waals surface area contributed by atoms with Crippen molar-refractivity contribution in [3.8, 4) is 0 Å². The Labute approximate surface area is 153 Å². The average Bonchev–Trinajstić information content (AvgIpc) is 2.95. The molecule has 0 heterocycles. The maximum absolute atomic E-state index is 12.6. The van der Waals surface area contributed by atoms with Gasteiger partial charge in [-0.2, -0.15) is 0 Å². The topological polar surface area (TPSA) is 34.1 Å². The fourth-order valence-corrected chi connectivity index (χ4v) is 4.62. The highest BCUT2D eigenvalue weighted by molar-refractivity contribution is 6.53. The van der Waals surface area contributed by atoms with Crippen LogP contribution in [0.3, 0.4) is 0 Å². The molecular weight excluding hydrogens is 320 g/mol. The van der Waals surface area contributed by atoms with Crippen LogP contribution in [0, 0.1) is 17.8 Å². The predicted octanol–water partition coefficient (Wildman–Crippen LogP) is 4.51. The highest BCUT2D eigenvalue weighted by Gasteiger charge is 2.47. The molecule has 5 aliphatic carbocycles. The van der Waals surface area contributed by atoms with Crippen molar-refractivity contribution in [2.45, 2.75) is 19.3 Å². The van der Waals surface area contributed by atoms with Crippen LogP contribution in [0.1, 0.15) is 19.3 Å². The summed E-state index contributed by atoms with van der Waals surface area (Å²) in [6, 6.07) is 0. The molecule has 0 saturated heterocycles. The van der Waals surface area contributed by atoms with Gasteiger partial charge in [-0.15, -0.1) is 0 Å². The zero-order chi connectivity index (χ0) is 17.7. The Kier molecular flexibility index (Phi) is 3.53. The number of Topliss-reactive ketones (excluding diaryl/α,β-unsaturated/α-hetero) is 2. The van der Waals surface area contributed by atoms with E-state index in [0.29, 0.717) is 11.1 Å². The normalized spacial score (nSPS) is 31.8. The van der Waals surface area contributed by atoms with Crippen LogP contribution in [-0.2, 0) is 9.59 Å². The summed E-state index contributed by atoms with van der Waals surface area (Å²) in [5.74, 6) is -0.331. The zero-order valence-electron chi connectivity index (χ0n) is 14.5. The van der Waals surface area contributed by atoms with Gasteiger partial charge >= 0.3 is 0 Å². The van der Waals surface area contributed by atoms with E-state index in [1.165, 1.54) is 5.57 Å². The molecule has 26 heavy (non-hydrogen) atoms. The number of rotatable bonds is 2. The number of hydrogen-bond acceptors (Lipinski definition) is 2. The molecule has 0 aromatic carbocycles. The molecule has 2 nitrogen and oxygen atoms in total. The van der Waals surface area contributed by atoms with Gasteiger partial charge in [0.15, 0.2) is 0 Å². The van der Waals surface area contributed by atoms with Crippen LogP contribution in [0.5, 0.6) is 0 Å². The molecule has 1 saturated carbocycles. The molecule has 3 unspecified atom stereocenters. The highest BCUT2D eigenvalue weighted by atomic mass is 16.2. The molecule has 2 heteroatoms. The van der Waals surface area contributed by atoms with Gasteiger partial charge in [-0.1, -0.05) is 60.8 Å². The molecule has 0 aromatic rings. The minimum atomic E-state index is -0.314. The van der Waals surface area contributed by atoms with E-state index < -0.39 is 0 Å². The Morgan fingerprint density at radius 1 is 0.846 bits per heavy atom. The van der Waals surface area contributed by atoms with Crippen molar-refractivity contribution in [2.75, 3.05) is 0 Å². The van der Waals surface area contributed by atoms with Crippen molar-refractivity contribution < 1.29 is 9.59 Å². The number of carbonyl (C=O) groups is 2. The zero-order valence-corrected chi connectivity index (χ0v) is 14.5. The van der Waals surface area contributed by atoms with Crippen LogP contribution < -0.4 is 0 Å². The Balaban J connectivity index is 1.60. The van der Waals surface area contributed by atoms with Gasteiger partial charge in [-0.25, -0.2) is 0 Å². The van der Waals surface area contributed by atoms with Crippen LogP contribution in [0.25, 0.3) is 0 Å². The molecular formula is C24H20O2. The van der Waals surface area contributed by atoms with Crippen molar-refractivity contribution in [2.24, 2.45) is 17.8 Å². The molecule has 0 aliphatic heterocycles. The summed E-state index contributed by atoms with van der Waals surface area (Å²) in [5.41, 5.74) is 4.78. The second kappa shape index (κ2) is 5.91. The molecule has 0 aromatic heterocycles. The lowest BCUT2D eigenvalue weighted by atomic mass is 9.72. The van der Waals surface area contributed by atoms with E-state index in [4.69, 9.17) is 0 Å². The fourth-order valence-electron chi connectivity index (χ4n) is 4.62. The van der Waals surface area contributed by atoms with E-state index in [-0.39, 0.29) is 29.3 Å². The van der Waals surface area contributed by atoms with Gasteiger partial charge in [-0.3, -0.25) is 9.59 Å². The molecule has 0 amide bonds. The average molecular weight is 340 g/mol. The summed E-state index contributed by atoms with van der Waals surface area (Å²) >= 11 is 0. The summed E-state index contributed by atoms with van der Waals surface area (Å²) in [5, 5.41) is 0. The number of ketones is 2. The van der Waals surface area contributed by atoms with Gasteiger partial charge in [0, 0.05) is 28.9 Å². The van der Waals surface area contributed by atoms with Gasteiger partial charge in [0.1, 0.15) is 0 Å². The van der Waals surface area contributed by atoms with E-state index >= 15 is 0 Å². The van der Waals surface area contributed by atoms with Crippen molar-refractivity contribution in [3.63, 3.8) is 0 Å². The summed E-state index contributed by atoms with van der Waals surface area (Å²) in [7, 11) is 0. The second-order valence-electron chi connectivity index (χ2n) is 7.50. The van der Waals surface area contributed by atoms with Crippen LogP contribution in [0.2, 0.25) is 0 Å². The van der Waals surface area contributed by atoms with E-state index in [2.05, 4.69) is 54.7 Å². The standard InChI is InChI=1S/C24H20O2/c25-23-20-13-17(15-7-3-1-4-8-15)11-19-12-18(16-9-5-2-6-10-16)14-21(22(19)20)24(23)26/h1,3-5,7,9-15,19,22H,2,6,8H2. The molecule has 0 bridgehead atoms. The van der Waals surface area contributed by atoms with Crippen LogP contribution in [0.15, 0.2) is 94.7 Å². The van der Waals surface area contributed by atoms with Crippen LogP contribution in [0.4, 0.5) is 0 Å². The van der Waals surface area contributed by atoms with Crippen molar-refractivity contribution in [1.82, 2.24) is 0 Å². The first-order chi connectivity index (χ1) is 12.7. The van der Waals surface area contributed by atoms with Crippen LogP contribution >= 0.6 is 0 Å². The lowest BCUT2D eigenvalue weighted by Gasteiger charge is -2.30. The maximum Gasteiger partial charge on any atom is 0.229 e. The highest BCUT2D eigenvalue weighted by Crippen LogP contribution is 2.47. The fraction of sp³-hybridized carbons (Fsp3) is 0.250. The monoisotopic (exact) mass is 340 g/mol. The summed E-state index contributed by atoms with van der Waals surface area (Å²) in [6.45, 7) is 0. The van der Waals surface area contributed by atoms with Crippen LogP contribution in [-0.4, -0.2) is 11.6 Å². The van der Waals surface area contributed by atoms with Gasteiger partial charge in [0.25, 0.3) is 0 Å². The van der Waals surface area contributed by atoms with Gasteiger partial charge in [-0.05, 0) is 42.1 Å². The summed E-state index contributed by atoms with van der Waals surface area (Å²) < 4.78 is 0. The van der Waals surface area contributed by atoms with Crippen molar-refractivity contribution in [3.05, 3.63) is 94.7 Å². The molecule has 1 fully saturated rings. The Bertz CT molecular complexity index is 956. The van der Waals surface area contributed by atoms with Gasteiger partial charge < -0.3 is 0 Å². The number of hydrogen-bond donors (Lipinski definition) is 0. The lowest BCUT2D eigenvalue weighted by Crippen LogP contribution is -2.21. The van der Waals surface area contributed by atoms with Gasteiger partial charge in [0.2, 0.25) is 11.6 Å². The van der Waals surface area contributed by atoms with Crippen molar-refractivity contribution >= 4 is 11.6 Å². The first kappa shape index (κ1) is 15.5. The molecule has 5 rings (SSSR count). The summed E-state index contributed by atoms with van der Waals surface area (Å²) in [4.78, 5) is 25.2. The number of carbonyl (C=O) groups excluding carboxylic acids is 2. The van der Waals surface area contributed by atoms with E-state index in [9.17, 15) is 9.59 Å². The third-order valence-electron chi connectivity index (χ3n) is 5.91. The Morgan fingerprint density at radius 3 is 2.42 bits per heavy atom. The predicted molar refractivity (Wildman–Crippen MR) is 102 cm³/mol. The summed E-state index contributed by atoms with van der Waals surface area (Å²) in [6.07, 6.45) is 26.5. The third kappa shape index (κ3) is 2.33. The minimum absolute atomic E-state index is 0.0845. The largest absolute Gasteiger partial charge is 0.285 e. The molecule has 5 aliphatic rings. The molecule has 3 atom stereocenters. The molecule has 0 N–H and O–H groups in total. The first-order valence-electron chi connectivity index (χ1n) is 9.38. The van der Waals surface area contributed by atoms with Gasteiger partial charge in [0.05, 0.1) is 0 Å². The smallest absolute Gasteiger partial charge is 0.229 e. The SMILES string of the molecule is O=C1C(=O)C2=CC(C3C=CC=CC3)=CC3C=C(C4=CCCC=C4)C=C1C23. The maximum atomic E-state index is 12.6. The Hall–Kier alpha value is -2.74. The van der Waals surface area contributed by atoms with E-state index in [1.54, 1.807) is 0 Å². The Morgan fingerprint density at radius 2 is 1.69 bits per heavy atom. The second-order valence-corrected chi connectivity index (χ2v) is 7.50. The van der Waals surface area contributed by atoms with E-state index in [0.717, 1.165) is 30.4 Å². The lowest BCUT2D eigenvalue weighted by molar-refractivity contribution is -0.130. The minimum Gasteiger partial charge on any atom is -0.285 e. The molecule has 0 spiro atoms. The van der Waals surface area contributed by atoms with Crippen molar-refractivity contribution in [1.29, 1.82) is 0 Å². The third-order valence-corrected chi connectivity index (χ3v) is 5.91. The first-order valence-corrected chi connectivity index (χ1v) is 9.38.